The van der Waals surface area contributed by atoms with Crippen LogP contribution >= 0.6 is 11.6 Å². The minimum absolute atomic E-state index is 0.0555. The van der Waals surface area contributed by atoms with Crippen LogP contribution in [0.2, 0.25) is 5.02 Å². The van der Waals surface area contributed by atoms with Crippen molar-refractivity contribution in [2.24, 2.45) is 5.92 Å². The Balaban J connectivity index is 2.26. The van der Waals surface area contributed by atoms with E-state index in [-0.39, 0.29) is 11.8 Å². The average molecular weight is 240 g/mol. The molecule has 0 bridgehead atoms. The molecule has 1 N–H and O–H groups in total. The first-order chi connectivity index (χ1) is 7.61. The van der Waals surface area contributed by atoms with Crippen LogP contribution in [0.1, 0.15) is 18.4 Å². The molecule has 16 heavy (non-hydrogen) atoms. The molecule has 0 unspecified atom stereocenters. The largest absolute Gasteiger partial charge is 0.494 e. The fourth-order valence-corrected chi connectivity index (χ4v) is 1.95. The van der Waals surface area contributed by atoms with E-state index in [2.05, 4.69) is 5.32 Å². The van der Waals surface area contributed by atoms with Gasteiger partial charge in [-0.1, -0.05) is 11.6 Å². The molecule has 1 aliphatic rings. The third-order valence-electron chi connectivity index (χ3n) is 2.65. The summed E-state index contributed by atoms with van der Waals surface area (Å²) in [6.45, 7) is 1.90. The smallest absolute Gasteiger partial charge is 0.227 e. The highest BCUT2D eigenvalue weighted by atomic mass is 35.5. The molecule has 2 rings (SSSR count). The Bertz CT molecular complexity index is 427. The predicted molar refractivity (Wildman–Crippen MR) is 64.1 cm³/mol. The Kier molecular flexibility index (Phi) is 3.06. The molecule has 1 aliphatic carbocycles. The Labute approximate surface area is 99.7 Å². The summed E-state index contributed by atoms with van der Waals surface area (Å²) in [6.07, 6.45) is 1.96. The van der Waals surface area contributed by atoms with Gasteiger partial charge in [-0.2, -0.15) is 0 Å². The normalized spacial score (nSPS) is 14.7. The standard InChI is InChI=1S/C12H14ClNO2/c1-7-5-9(13)6-10(11(7)16-2)14-12(15)8-3-4-8/h5-6,8H,3-4H2,1-2H3,(H,14,15). The van der Waals surface area contributed by atoms with Gasteiger partial charge in [0, 0.05) is 10.9 Å². The molecule has 4 heteroatoms. The van der Waals surface area contributed by atoms with Crippen molar-refractivity contribution in [1.29, 1.82) is 0 Å². The van der Waals surface area contributed by atoms with Crippen molar-refractivity contribution in [3.8, 4) is 5.75 Å². The molecule has 0 aliphatic heterocycles. The molecular formula is C12H14ClNO2. The maximum Gasteiger partial charge on any atom is 0.227 e. The lowest BCUT2D eigenvalue weighted by molar-refractivity contribution is -0.117. The molecule has 1 aromatic carbocycles. The van der Waals surface area contributed by atoms with Gasteiger partial charge in [-0.3, -0.25) is 4.79 Å². The minimum atomic E-state index is 0.0555. The van der Waals surface area contributed by atoms with Gasteiger partial charge in [-0.15, -0.1) is 0 Å². The highest BCUT2D eigenvalue weighted by molar-refractivity contribution is 6.31. The highest BCUT2D eigenvalue weighted by Gasteiger charge is 2.30. The molecule has 0 aromatic heterocycles. The summed E-state index contributed by atoms with van der Waals surface area (Å²) in [5.74, 6) is 0.905. The van der Waals surface area contributed by atoms with Crippen LogP contribution in [-0.2, 0) is 4.79 Å². The van der Waals surface area contributed by atoms with Crippen molar-refractivity contribution >= 4 is 23.2 Å². The summed E-state index contributed by atoms with van der Waals surface area (Å²) >= 11 is 5.95. The number of methoxy groups -OCH3 is 1. The van der Waals surface area contributed by atoms with E-state index in [1.54, 1.807) is 13.2 Å². The summed E-state index contributed by atoms with van der Waals surface area (Å²) in [4.78, 5) is 11.7. The quantitative estimate of drug-likeness (QED) is 0.881. The van der Waals surface area contributed by atoms with Crippen LogP contribution in [0.5, 0.6) is 5.75 Å². The van der Waals surface area contributed by atoms with Crippen LogP contribution in [0.3, 0.4) is 0 Å². The number of hydrogen-bond acceptors (Lipinski definition) is 2. The topological polar surface area (TPSA) is 38.3 Å². The fourth-order valence-electron chi connectivity index (χ4n) is 1.67. The van der Waals surface area contributed by atoms with Crippen molar-refractivity contribution in [2.75, 3.05) is 12.4 Å². The van der Waals surface area contributed by atoms with Crippen LogP contribution in [0, 0.1) is 12.8 Å². The first kappa shape index (κ1) is 11.3. The number of carbonyl (C=O) groups is 1. The molecule has 86 valence electrons. The van der Waals surface area contributed by atoms with E-state index in [4.69, 9.17) is 16.3 Å². The third-order valence-corrected chi connectivity index (χ3v) is 2.87. The number of halogens is 1. The number of benzene rings is 1. The summed E-state index contributed by atoms with van der Waals surface area (Å²) in [5, 5.41) is 3.46. The lowest BCUT2D eigenvalue weighted by Crippen LogP contribution is -2.14. The summed E-state index contributed by atoms with van der Waals surface area (Å²) in [6, 6.07) is 3.53. The molecule has 1 aromatic rings. The van der Waals surface area contributed by atoms with Gasteiger partial charge >= 0.3 is 0 Å². The van der Waals surface area contributed by atoms with Crippen molar-refractivity contribution in [1.82, 2.24) is 0 Å². The van der Waals surface area contributed by atoms with E-state index in [9.17, 15) is 4.79 Å². The zero-order valence-corrected chi connectivity index (χ0v) is 10.1. The number of aryl methyl sites for hydroxylation is 1. The number of hydrogen-bond donors (Lipinski definition) is 1. The Morgan fingerprint density at radius 2 is 2.19 bits per heavy atom. The number of ether oxygens (including phenoxy) is 1. The van der Waals surface area contributed by atoms with Gasteiger partial charge in [0.1, 0.15) is 5.75 Å². The third kappa shape index (κ3) is 2.30. The molecule has 1 amide bonds. The highest BCUT2D eigenvalue weighted by Crippen LogP contribution is 2.35. The molecule has 0 heterocycles. The lowest BCUT2D eigenvalue weighted by Gasteiger charge is -2.12. The number of rotatable bonds is 3. The second-order valence-electron chi connectivity index (χ2n) is 4.07. The van der Waals surface area contributed by atoms with Crippen LogP contribution in [0.4, 0.5) is 5.69 Å². The number of nitrogens with one attached hydrogen (secondary N) is 1. The Hall–Kier alpha value is -1.22. The Morgan fingerprint density at radius 1 is 1.50 bits per heavy atom. The molecule has 0 radical (unpaired) electrons. The maximum absolute atomic E-state index is 11.7. The average Bonchev–Trinajstić information content (AvgIpc) is 2.99. The number of amides is 1. The molecule has 0 spiro atoms. The van der Waals surface area contributed by atoms with E-state index in [1.807, 2.05) is 13.0 Å². The Morgan fingerprint density at radius 3 is 2.75 bits per heavy atom. The van der Waals surface area contributed by atoms with Gasteiger partial charge in [0.2, 0.25) is 5.91 Å². The molecule has 0 saturated heterocycles. The second-order valence-corrected chi connectivity index (χ2v) is 4.50. The summed E-state index contributed by atoms with van der Waals surface area (Å²) in [5.41, 5.74) is 1.57. The number of carbonyl (C=O) groups excluding carboxylic acids is 1. The summed E-state index contributed by atoms with van der Waals surface area (Å²) < 4.78 is 5.26. The predicted octanol–water partition coefficient (Wildman–Crippen LogP) is 3.01. The van der Waals surface area contributed by atoms with Crippen LogP contribution in [0.25, 0.3) is 0 Å². The number of anilines is 1. The fraction of sp³-hybridized carbons (Fsp3) is 0.417. The first-order valence-electron chi connectivity index (χ1n) is 5.27. The van der Waals surface area contributed by atoms with Crippen molar-refractivity contribution in [3.63, 3.8) is 0 Å². The van der Waals surface area contributed by atoms with Gasteiger partial charge in [0.05, 0.1) is 12.8 Å². The lowest BCUT2D eigenvalue weighted by atomic mass is 10.2. The van der Waals surface area contributed by atoms with E-state index < -0.39 is 0 Å². The van der Waals surface area contributed by atoms with Gasteiger partial charge in [-0.25, -0.2) is 0 Å². The summed E-state index contributed by atoms with van der Waals surface area (Å²) in [7, 11) is 1.59. The minimum Gasteiger partial charge on any atom is -0.494 e. The van der Waals surface area contributed by atoms with Gasteiger partial charge < -0.3 is 10.1 Å². The SMILES string of the molecule is COc1c(C)cc(Cl)cc1NC(=O)C1CC1. The molecule has 1 saturated carbocycles. The van der Waals surface area contributed by atoms with Crippen LogP contribution in [0.15, 0.2) is 12.1 Å². The van der Waals surface area contributed by atoms with Crippen LogP contribution < -0.4 is 10.1 Å². The van der Waals surface area contributed by atoms with Crippen molar-refractivity contribution in [3.05, 3.63) is 22.7 Å². The zero-order valence-electron chi connectivity index (χ0n) is 9.34. The van der Waals surface area contributed by atoms with Gasteiger partial charge in [0.25, 0.3) is 0 Å². The monoisotopic (exact) mass is 239 g/mol. The maximum atomic E-state index is 11.7. The van der Waals surface area contributed by atoms with Crippen molar-refractivity contribution < 1.29 is 9.53 Å². The molecule has 1 fully saturated rings. The van der Waals surface area contributed by atoms with Crippen LogP contribution in [-0.4, -0.2) is 13.0 Å². The van der Waals surface area contributed by atoms with E-state index in [1.165, 1.54) is 0 Å². The first-order valence-corrected chi connectivity index (χ1v) is 5.64. The molecule has 3 nitrogen and oxygen atoms in total. The van der Waals surface area contributed by atoms with Gasteiger partial charge in [-0.05, 0) is 37.5 Å². The van der Waals surface area contributed by atoms with Crippen molar-refractivity contribution in [2.45, 2.75) is 19.8 Å². The van der Waals surface area contributed by atoms with E-state index in [0.717, 1.165) is 18.4 Å². The van der Waals surface area contributed by atoms with Gasteiger partial charge in [0.15, 0.2) is 0 Å². The van der Waals surface area contributed by atoms with E-state index >= 15 is 0 Å². The van der Waals surface area contributed by atoms with E-state index in [0.29, 0.717) is 16.5 Å². The second kappa shape index (κ2) is 4.34. The molecule has 0 atom stereocenters. The molecular weight excluding hydrogens is 226 g/mol. The zero-order chi connectivity index (χ0) is 11.7.